The summed E-state index contributed by atoms with van der Waals surface area (Å²) in [6.45, 7) is 8.62. The highest BCUT2D eigenvalue weighted by atomic mass is 16.5. The van der Waals surface area contributed by atoms with Crippen LogP contribution in [-0.2, 0) is 13.2 Å². The molecule has 0 aliphatic carbocycles. The van der Waals surface area contributed by atoms with E-state index in [9.17, 15) is 0 Å². The second-order valence-electron chi connectivity index (χ2n) is 4.98. The maximum Gasteiger partial charge on any atom is 0.138 e. The third kappa shape index (κ3) is 4.07. The molecule has 0 amide bonds. The van der Waals surface area contributed by atoms with Gasteiger partial charge in [-0.25, -0.2) is 0 Å². The summed E-state index contributed by atoms with van der Waals surface area (Å²) in [5.74, 6) is 0.811. The van der Waals surface area contributed by atoms with Gasteiger partial charge in [0.2, 0.25) is 0 Å². The van der Waals surface area contributed by atoms with Gasteiger partial charge in [-0.15, -0.1) is 0 Å². The van der Waals surface area contributed by atoms with Gasteiger partial charge in [0.25, 0.3) is 0 Å². The molecule has 1 aromatic carbocycles. The van der Waals surface area contributed by atoms with E-state index in [0.29, 0.717) is 6.61 Å². The van der Waals surface area contributed by atoms with E-state index in [1.807, 2.05) is 12.1 Å². The molecule has 0 fully saturated rings. The number of pyridine rings is 1. The fraction of sp³-hybridized carbons (Fsp3) is 0.353. The fourth-order valence-corrected chi connectivity index (χ4v) is 1.97. The highest BCUT2D eigenvalue weighted by Crippen LogP contribution is 2.15. The Labute approximate surface area is 121 Å². The van der Waals surface area contributed by atoms with E-state index in [1.54, 1.807) is 6.20 Å². The molecule has 0 spiro atoms. The van der Waals surface area contributed by atoms with Crippen molar-refractivity contribution in [2.24, 2.45) is 0 Å². The summed E-state index contributed by atoms with van der Waals surface area (Å²) in [5.41, 5.74) is 4.77. The zero-order valence-electron chi connectivity index (χ0n) is 12.4. The van der Waals surface area contributed by atoms with Crippen molar-refractivity contribution >= 4 is 0 Å². The van der Waals surface area contributed by atoms with Gasteiger partial charge in [0.05, 0.1) is 11.9 Å². The number of nitrogens with one attached hydrogen (secondary N) is 1. The van der Waals surface area contributed by atoms with Gasteiger partial charge in [0, 0.05) is 6.54 Å². The van der Waals surface area contributed by atoms with Crippen molar-refractivity contribution in [3.8, 4) is 5.75 Å². The Balaban J connectivity index is 1.95. The van der Waals surface area contributed by atoms with Crippen LogP contribution in [0.15, 0.2) is 36.5 Å². The zero-order chi connectivity index (χ0) is 14.4. The van der Waals surface area contributed by atoms with Crippen LogP contribution in [0.2, 0.25) is 0 Å². The van der Waals surface area contributed by atoms with E-state index in [1.165, 1.54) is 16.7 Å². The van der Waals surface area contributed by atoms with Crippen LogP contribution in [0.5, 0.6) is 5.75 Å². The first-order chi connectivity index (χ1) is 9.69. The first-order valence-corrected chi connectivity index (χ1v) is 7.03. The number of aryl methyl sites for hydroxylation is 2. The maximum absolute atomic E-state index is 5.80. The van der Waals surface area contributed by atoms with E-state index < -0.39 is 0 Å². The standard InChI is InChI=1S/C17H22N2O/c1-4-18-10-16-7-8-17(11-19-16)20-12-15-9-13(2)5-6-14(15)3/h5-9,11,18H,4,10,12H2,1-3H3. The van der Waals surface area contributed by atoms with Crippen LogP contribution in [0.4, 0.5) is 0 Å². The van der Waals surface area contributed by atoms with Gasteiger partial charge in [-0.05, 0) is 43.7 Å². The second kappa shape index (κ2) is 7.06. The third-order valence-corrected chi connectivity index (χ3v) is 3.25. The number of benzene rings is 1. The Bertz CT molecular complexity index is 549. The smallest absolute Gasteiger partial charge is 0.138 e. The molecule has 3 nitrogen and oxygen atoms in total. The molecule has 0 bridgehead atoms. The number of hydrogen-bond acceptors (Lipinski definition) is 3. The van der Waals surface area contributed by atoms with Crippen LogP contribution in [0.25, 0.3) is 0 Å². The molecule has 0 unspecified atom stereocenters. The molecule has 1 aromatic heterocycles. The predicted molar refractivity (Wildman–Crippen MR) is 81.9 cm³/mol. The van der Waals surface area contributed by atoms with Gasteiger partial charge >= 0.3 is 0 Å². The molecule has 0 aliphatic rings. The topological polar surface area (TPSA) is 34.1 Å². The molecular formula is C17H22N2O. The second-order valence-corrected chi connectivity index (χ2v) is 4.98. The minimum absolute atomic E-state index is 0.585. The summed E-state index contributed by atoms with van der Waals surface area (Å²) in [5, 5.41) is 3.25. The Morgan fingerprint density at radius 3 is 2.70 bits per heavy atom. The number of hydrogen-bond donors (Lipinski definition) is 1. The van der Waals surface area contributed by atoms with Crippen molar-refractivity contribution in [2.45, 2.75) is 33.9 Å². The van der Waals surface area contributed by atoms with E-state index in [2.05, 4.69) is 49.3 Å². The predicted octanol–water partition coefficient (Wildman–Crippen LogP) is 3.39. The summed E-state index contributed by atoms with van der Waals surface area (Å²) < 4.78 is 5.80. The number of ether oxygens (including phenoxy) is 1. The van der Waals surface area contributed by atoms with E-state index in [0.717, 1.165) is 24.5 Å². The summed E-state index contributed by atoms with van der Waals surface area (Å²) in [7, 11) is 0. The van der Waals surface area contributed by atoms with Crippen LogP contribution in [-0.4, -0.2) is 11.5 Å². The van der Waals surface area contributed by atoms with Crippen molar-refractivity contribution in [1.29, 1.82) is 0 Å². The SMILES string of the molecule is CCNCc1ccc(OCc2cc(C)ccc2C)cn1. The summed E-state index contributed by atoms with van der Waals surface area (Å²) in [4.78, 5) is 4.38. The van der Waals surface area contributed by atoms with Gasteiger partial charge in [0.15, 0.2) is 0 Å². The molecule has 0 aliphatic heterocycles. The fourth-order valence-electron chi connectivity index (χ4n) is 1.97. The molecule has 1 heterocycles. The highest BCUT2D eigenvalue weighted by Gasteiger charge is 2.01. The highest BCUT2D eigenvalue weighted by molar-refractivity contribution is 5.30. The minimum atomic E-state index is 0.585. The first-order valence-electron chi connectivity index (χ1n) is 7.03. The number of nitrogens with zero attached hydrogens (tertiary/aromatic N) is 1. The van der Waals surface area contributed by atoms with Crippen molar-refractivity contribution in [1.82, 2.24) is 10.3 Å². The maximum atomic E-state index is 5.80. The molecule has 106 valence electrons. The van der Waals surface area contributed by atoms with Crippen LogP contribution in [0.3, 0.4) is 0 Å². The lowest BCUT2D eigenvalue weighted by Gasteiger charge is -2.10. The van der Waals surface area contributed by atoms with Gasteiger partial charge in [0.1, 0.15) is 12.4 Å². The number of aromatic nitrogens is 1. The van der Waals surface area contributed by atoms with Crippen molar-refractivity contribution in [3.05, 3.63) is 58.9 Å². The monoisotopic (exact) mass is 270 g/mol. The Kier molecular flexibility index (Phi) is 5.13. The van der Waals surface area contributed by atoms with Gasteiger partial charge in [-0.1, -0.05) is 30.7 Å². The lowest BCUT2D eigenvalue weighted by atomic mass is 10.1. The van der Waals surface area contributed by atoms with E-state index in [-0.39, 0.29) is 0 Å². The van der Waals surface area contributed by atoms with Crippen LogP contribution in [0.1, 0.15) is 29.3 Å². The Hall–Kier alpha value is -1.87. The molecule has 1 N–H and O–H groups in total. The molecule has 20 heavy (non-hydrogen) atoms. The van der Waals surface area contributed by atoms with Crippen LogP contribution >= 0.6 is 0 Å². The lowest BCUT2D eigenvalue weighted by Crippen LogP contribution is -2.12. The van der Waals surface area contributed by atoms with Crippen LogP contribution < -0.4 is 10.1 Å². The quantitative estimate of drug-likeness (QED) is 0.873. The summed E-state index contributed by atoms with van der Waals surface area (Å²) >= 11 is 0. The van der Waals surface area contributed by atoms with Crippen molar-refractivity contribution in [3.63, 3.8) is 0 Å². The minimum Gasteiger partial charge on any atom is -0.487 e. The Morgan fingerprint density at radius 2 is 2.00 bits per heavy atom. The average Bonchev–Trinajstić information content (AvgIpc) is 2.47. The molecule has 0 saturated heterocycles. The van der Waals surface area contributed by atoms with Crippen molar-refractivity contribution < 1.29 is 4.74 Å². The van der Waals surface area contributed by atoms with Crippen molar-refractivity contribution in [2.75, 3.05) is 6.54 Å². The van der Waals surface area contributed by atoms with E-state index in [4.69, 9.17) is 4.74 Å². The molecule has 0 atom stereocenters. The largest absolute Gasteiger partial charge is 0.487 e. The zero-order valence-corrected chi connectivity index (χ0v) is 12.4. The molecular weight excluding hydrogens is 248 g/mol. The average molecular weight is 270 g/mol. The van der Waals surface area contributed by atoms with Gasteiger partial charge in [-0.2, -0.15) is 0 Å². The molecule has 0 saturated carbocycles. The van der Waals surface area contributed by atoms with E-state index >= 15 is 0 Å². The lowest BCUT2D eigenvalue weighted by molar-refractivity contribution is 0.304. The first kappa shape index (κ1) is 14.5. The molecule has 0 radical (unpaired) electrons. The van der Waals surface area contributed by atoms with Gasteiger partial charge in [-0.3, -0.25) is 4.98 Å². The molecule has 2 rings (SSSR count). The summed E-state index contributed by atoms with van der Waals surface area (Å²) in [6, 6.07) is 10.4. The molecule has 3 heteroatoms. The molecule has 2 aromatic rings. The third-order valence-electron chi connectivity index (χ3n) is 3.25. The van der Waals surface area contributed by atoms with Gasteiger partial charge < -0.3 is 10.1 Å². The Morgan fingerprint density at radius 1 is 1.15 bits per heavy atom. The summed E-state index contributed by atoms with van der Waals surface area (Å²) in [6.07, 6.45) is 1.79. The number of rotatable bonds is 6. The van der Waals surface area contributed by atoms with Crippen LogP contribution in [0, 0.1) is 13.8 Å². The normalized spacial score (nSPS) is 10.6.